The van der Waals surface area contributed by atoms with Crippen LogP contribution < -0.4 is 15.2 Å². The fraction of sp³-hybridized carbons (Fsp3) is 0.364. The van der Waals surface area contributed by atoms with Crippen LogP contribution in [0, 0.1) is 0 Å². The summed E-state index contributed by atoms with van der Waals surface area (Å²) in [7, 11) is 4.31. The Morgan fingerprint density at radius 2 is 1.82 bits per heavy atom. The number of methoxy groups -OCH3 is 3. The molecule has 0 aliphatic rings. The predicted molar refractivity (Wildman–Crippen MR) is 66.2 cm³/mol. The molecule has 0 heterocycles. The van der Waals surface area contributed by atoms with Gasteiger partial charge in [0.05, 0.1) is 25.8 Å². The van der Waals surface area contributed by atoms with Gasteiger partial charge in [-0.3, -0.25) is 4.79 Å². The standard InChI is InChI=1S/C11H14BrNO4/c1-15-8-5-7(12)9(16-2)4-6(8)10(13)11(14)17-3/h4-5,10H,13H2,1-3H3/t10-/m1/s1. The van der Waals surface area contributed by atoms with Crippen LogP contribution in [0.5, 0.6) is 11.5 Å². The molecule has 94 valence electrons. The third-order valence-corrected chi connectivity index (χ3v) is 2.91. The molecular weight excluding hydrogens is 290 g/mol. The van der Waals surface area contributed by atoms with Crippen molar-refractivity contribution in [1.82, 2.24) is 0 Å². The van der Waals surface area contributed by atoms with E-state index in [1.165, 1.54) is 21.3 Å². The lowest BCUT2D eigenvalue weighted by Crippen LogP contribution is -2.23. The van der Waals surface area contributed by atoms with Gasteiger partial charge in [-0.05, 0) is 28.1 Å². The average Bonchev–Trinajstić information content (AvgIpc) is 2.36. The SMILES string of the molecule is COC(=O)[C@H](N)c1cc(OC)c(Br)cc1OC. The summed E-state index contributed by atoms with van der Waals surface area (Å²) in [5, 5.41) is 0. The molecule has 0 spiro atoms. The van der Waals surface area contributed by atoms with E-state index in [1.54, 1.807) is 12.1 Å². The van der Waals surface area contributed by atoms with Gasteiger partial charge in [-0.1, -0.05) is 0 Å². The van der Waals surface area contributed by atoms with Gasteiger partial charge in [0, 0.05) is 5.56 Å². The van der Waals surface area contributed by atoms with Gasteiger partial charge in [0.2, 0.25) is 0 Å². The Morgan fingerprint density at radius 1 is 1.24 bits per heavy atom. The molecule has 0 aromatic heterocycles. The number of ether oxygens (including phenoxy) is 3. The third kappa shape index (κ3) is 2.89. The fourth-order valence-electron chi connectivity index (χ4n) is 1.38. The molecule has 0 amide bonds. The van der Waals surface area contributed by atoms with Gasteiger partial charge < -0.3 is 19.9 Å². The highest BCUT2D eigenvalue weighted by molar-refractivity contribution is 9.10. The van der Waals surface area contributed by atoms with Crippen molar-refractivity contribution in [1.29, 1.82) is 0 Å². The van der Waals surface area contributed by atoms with E-state index in [2.05, 4.69) is 20.7 Å². The molecule has 0 fully saturated rings. The molecular formula is C11H14BrNO4. The van der Waals surface area contributed by atoms with Crippen molar-refractivity contribution < 1.29 is 19.0 Å². The van der Waals surface area contributed by atoms with Crippen molar-refractivity contribution in [2.24, 2.45) is 5.73 Å². The van der Waals surface area contributed by atoms with Gasteiger partial charge in [-0.15, -0.1) is 0 Å². The second-order valence-electron chi connectivity index (χ2n) is 3.23. The van der Waals surface area contributed by atoms with Gasteiger partial charge in [-0.25, -0.2) is 0 Å². The first kappa shape index (κ1) is 13.8. The summed E-state index contributed by atoms with van der Waals surface area (Å²) in [5.41, 5.74) is 6.29. The lowest BCUT2D eigenvalue weighted by atomic mass is 10.1. The average molecular weight is 304 g/mol. The normalized spacial score (nSPS) is 11.8. The monoisotopic (exact) mass is 303 g/mol. The number of rotatable bonds is 4. The molecule has 0 unspecified atom stereocenters. The van der Waals surface area contributed by atoms with Crippen LogP contribution in [0.2, 0.25) is 0 Å². The van der Waals surface area contributed by atoms with E-state index < -0.39 is 12.0 Å². The minimum atomic E-state index is -0.906. The Balaban J connectivity index is 3.25. The molecule has 1 atom stereocenters. The summed E-state index contributed by atoms with van der Waals surface area (Å²) < 4.78 is 15.6. The molecule has 0 bridgehead atoms. The van der Waals surface area contributed by atoms with Gasteiger partial charge in [0.25, 0.3) is 0 Å². The molecule has 0 radical (unpaired) electrons. The first-order valence-electron chi connectivity index (χ1n) is 4.80. The van der Waals surface area contributed by atoms with E-state index in [4.69, 9.17) is 15.2 Å². The van der Waals surface area contributed by atoms with Crippen LogP contribution in [-0.2, 0) is 9.53 Å². The van der Waals surface area contributed by atoms with E-state index in [-0.39, 0.29) is 0 Å². The quantitative estimate of drug-likeness (QED) is 0.856. The van der Waals surface area contributed by atoms with Crippen molar-refractivity contribution in [2.45, 2.75) is 6.04 Å². The molecule has 1 aromatic rings. The molecule has 0 aliphatic heterocycles. The smallest absolute Gasteiger partial charge is 0.327 e. The zero-order valence-corrected chi connectivity index (χ0v) is 11.4. The second-order valence-corrected chi connectivity index (χ2v) is 4.08. The largest absolute Gasteiger partial charge is 0.496 e. The number of hydrogen-bond donors (Lipinski definition) is 1. The number of halogens is 1. The highest BCUT2D eigenvalue weighted by Gasteiger charge is 2.22. The van der Waals surface area contributed by atoms with Crippen LogP contribution in [0.3, 0.4) is 0 Å². The van der Waals surface area contributed by atoms with E-state index in [9.17, 15) is 4.79 Å². The van der Waals surface area contributed by atoms with Crippen molar-refractivity contribution in [2.75, 3.05) is 21.3 Å². The zero-order valence-electron chi connectivity index (χ0n) is 9.82. The molecule has 1 rings (SSSR count). The maximum Gasteiger partial charge on any atom is 0.327 e. The van der Waals surface area contributed by atoms with Gasteiger partial charge >= 0.3 is 5.97 Å². The highest BCUT2D eigenvalue weighted by atomic mass is 79.9. The minimum Gasteiger partial charge on any atom is -0.496 e. The number of carbonyl (C=O) groups excluding carboxylic acids is 1. The van der Waals surface area contributed by atoms with Crippen LogP contribution in [0.4, 0.5) is 0 Å². The summed E-state index contributed by atoms with van der Waals surface area (Å²) in [6.45, 7) is 0. The molecule has 0 saturated heterocycles. The Hall–Kier alpha value is -1.27. The van der Waals surface area contributed by atoms with Crippen molar-refractivity contribution >= 4 is 21.9 Å². The summed E-state index contributed by atoms with van der Waals surface area (Å²) in [5.74, 6) is 0.531. The lowest BCUT2D eigenvalue weighted by molar-refractivity contribution is -0.142. The molecule has 5 nitrogen and oxygen atoms in total. The fourth-order valence-corrected chi connectivity index (χ4v) is 1.87. The lowest BCUT2D eigenvalue weighted by Gasteiger charge is -2.16. The van der Waals surface area contributed by atoms with Crippen molar-refractivity contribution in [3.63, 3.8) is 0 Å². The maximum atomic E-state index is 11.4. The number of nitrogens with two attached hydrogens (primary N) is 1. The van der Waals surface area contributed by atoms with Crippen LogP contribution in [0.15, 0.2) is 16.6 Å². The summed E-state index contributed by atoms with van der Waals surface area (Å²) in [6, 6.07) is 2.43. The van der Waals surface area contributed by atoms with E-state index >= 15 is 0 Å². The molecule has 17 heavy (non-hydrogen) atoms. The Bertz CT molecular complexity index is 422. The predicted octanol–water partition coefficient (Wildman–Crippen LogP) is 1.64. The molecule has 6 heteroatoms. The van der Waals surface area contributed by atoms with Crippen LogP contribution in [-0.4, -0.2) is 27.3 Å². The Morgan fingerprint density at radius 3 is 2.29 bits per heavy atom. The zero-order chi connectivity index (χ0) is 13.0. The number of hydrogen-bond acceptors (Lipinski definition) is 5. The van der Waals surface area contributed by atoms with E-state index in [0.29, 0.717) is 17.1 Å². The molecule has 0 aliphatic carbocycles. The number of benzene rings is 1. The van der Waals surface area contributed by atoms with Gasteiger partial charge in [-0.2, -0.15) is 0 Å². The second kappa shape index (κ2) is 5.88. The summed E-state index contributed by atoms with van der Waals surface area (Å²) in [4.78, 5) is 11.4. The van der Waals surface area contributed by atoms with E-state index in [1.807, 2.05) is 0 Å². The maximum absolute atomic E-state index is 11.4. The van der Waals surface area contributed by atoms with Crippen molar-refractivity contribution in [3.8, 4) is 11.5 Å². The van der Waals surface area contributed by atoms with Crippen LogP contribution >= 0.6 is 15.9 Å². The number of esters is 1. The van der Waals surface area contributed by atoms with Crippen LogP contribution in [0.1, 0.15) is 11.6 Å². The topological polar surface area (TPSA) is 70.8 Å². The highest BCUT2D eigenvalue weighted by Crippen LogP contribution is 2.35. The Labute approximate surface area is 108 Å². The minimum absolute atomic E-state index is 0.496. The Kier molecular flexibility index (Phi) is 4.77. The first-order valence-corrected chi connectivity index (χ1v) is 5.59. The summed E-state index contributed by atoms with van der Waals surface area (Å²) >= 11 is 3.32. The van der Waals surface area contributed by atoms with Crippen LogP contribution in [0.25, 0.3) is 0 Å². The first-order chi connectivity index (χ1) is 8.04. The molecule has 1 aromatic carbocycles. The van der Waals surface area contributed by atoms with Crippen molar-refractivity contribution in [3.05, 3.63) is 22.2 Å². The third-order valence-electron chi connectivity index (χ3n) is 2.29. The number of carbonyl (C=O) groups is 1. The molecule has 2 N–H and O–H groups in total. The van der Waals surface area contributed by atoms with Gasteiger partial charge in [0.1, 0.15) is 17.5 Å². The van der Waals surface area contributed by atoms with Gasteiger partial charge in [0.15, 0.2) is 0 Å². The molecule has 0 saturated carbocycles. The summed E-state index contributed by atoms with van der Waals surface area (Å²) in [6.07, 6.45) is 0. The van der Waals surface area contributed by atoms with E-state index in [0.717, 1.165) is 4.47 Å².